The molecule has 5 rings (SSSR count). The van der Waals surface area contributed by atoms with Crippen molar-refractivity contribution in [2.24, 2.45) is 0 Å². The van der Waals surface area contributed by atoms with E-state index in [4.69, 9.17) is 9.47 Å². The van der Waals surface area contributed by atoms with Crippen molar-refractivity contribution < 1.29 is 19.1 Å². The van der Waals surface area contributed by atoms with E-state index in [1.165, 1.54) is 10.4 Å². The summed E-state index contributed by atoms with van der Waals surface area (Å²) in [5.74, 6) is -0.572. The Morgan fingerprint density at radius 1 is 1.17 bits per heavy atom. The van der Waals surface area contributed by atoms with Crippen LogP contribution in [-0.4, -0.2) is 28.8 Å². The van der Waals surface area contributed by atoms with Crippen LogP contribution in [0.4, 0.5) is 4.79 Å². The van der Waals surface area contributed by atoms with Gasteiger partial charge in [0.2, 0.25) is 5.43 Å². The Morgan fingerprint density at radius 3 is 2.64 bits per heavy atom. The molecule has 8 heteroatoms. The summed E-state index contributed by atoms with van der Waals surface area (Å²) >= 11 is 1.68. The summed E-state index contributed by atoms with van der Waals surface area (Å²) in [5, 5.41) is 3.58. The Morgan fingerprint density at radius 2 is 1.94 bits per heavy atom. The number of amides is 1. The number of thiophene rings is 1. The van der Waals surface area contributed by atoms with Gasteiger partial charge in [-0.05, 0) is 89.1 Å². The van der Waals surface area contributed by atoms with E-state index >= 15 is 0 Å². The predicted octanol–water partition coefficient (Wildman–Crippen LogP) is 6.14. The first kappa shape index (κ1) is 24.6. The lowest BCUT2D eigenvalue weighted by molar-refractivity contribution is 0.0496. The fraction of sp³-hybridized carbons (Fsp3) is 0.464. The van der Waals surface area contributed by atoms with Gasteiger partial charge in [0, 0.05) is 27.4 Å². The Kier molecular flexibility index (Phi) is 6.41. The quantitative estimate of drug-likeness (QED) is 0.418. The number of rotatable bonds is 5. The number of fused-ring (bicyclic) bond motifs is 2. The molecule has 36 heavy (non-hydrogen) atoms. The Hall–Kier alpha value is -3.13. The molecule has 7 nitrogen and oxygen atoms in total. The minimum atomic E-state index is -0.572. The Balaban J connectivity index is 1.51. The average molecular weight is 509 g/mol. The highest BCUT2D eigenvalue weighted by Gasteiger charge is 2.29. The number of nitrogens with one attached hydrogen (secondary N) is 1. The number of carbonyl (C=O) groups is 2. The standard InChI is InChI=1S/C28H32N2O5S/c1-5-34-26(32)20-15-30(18-10-11-18)22-13-16(9-12-19(22)24(20)31)23-14-17-7-6-8-21(25(17)36-23)29-27(33)35-28(2,3)4/h9,12-15,18,21H,5-8,10-11H2,1-4H3,(H,29,33). The maximum atomic E-state index is 13.1. The molecular formula is C28H32N2O5S. The van der Waals surface area contributed by atoms with E-state index in [-0.39, 0.29) is 29.7 Å². The lowest BCUT2D eigenvalue weighted by Crippen LogP contribution is -2.35. The van der Waals surface area contributed by atoms with Gasteiger partial charge in [0.05, 0.1) is 18.2 Å². The second kappa shape index (κ2) is 9.39. The summed E-state index contributed by atoms with van der Waals surface area (Å²) < 4.78 is 12.7. The molecule has 2 heterocycles. The number of nitrogens with zero attached hydrogens (tertiary/aromatic N) is 1. The molecule has 0 saturated heterocycles. The number of alkyl carbamates (subject to hydrolysis) is 1. The van der Waals surface area contributed by atoms with E-state index in [9.17, 15) is 14.4 Å². The molecule has 1 fully saturated rings. The van der Waals surface area contributed by atoms with Crippen LogP contribution in [0.3, 0.4) is 0 Å². The molecule has 2 aliphatic rings. The van der Waals surface area contributed by atoms with Crippen LogP contribution in [0.1, 0.15) is 86.3 Å². The van der Waals surface area contributed by atoms with E-state index in [0.29, 0.717) is 5.39 Å². The second-order valence-electron chi connectivity index (χ2n) is 10.6. The van der Waals surface area contributed by atoms with Crippen molar-refractivity contribution in [2.75, 3.05) is 6.61 Å². The number of hydrogen-bond acceptors (Lipinski definition) is 6. The van der Waals surface area contributed by atoms with E-state index < -0.39 is 17.7 Å². The van der Waals surface area contributed by atoms with Crippen molar-refractivity contribution in [3.05, 3.63) is 56.7 Å². The zero-order valence-corrected chi connectivity index (χ0v) is 22.0. The van der Waals surface area contributed by atoms with Crippen LogP contribution in [0, 0.1) is 0 Å². The molecule has 2 aromatic heterocycles. The molecular weight excluding hydrogens is 476 g/mol. The zero-order valence-electron chi connectivity index (χ0n) is 21.2. The Bertz CT molecular complexity index is 1390. The topological polar surface area (TPSA) is 86.6 Å². The van der Waals surface area contributed by atoms with Gasteiger partial charge in [-0.25, -0.2) is 9.59 Å². The molecule has 1 aromatic carbocycles. The van der Waals surface area contributed by atoms with Gasteiger partial charge in [0.1, 0.15) is 11.2 Å². The molecule has 1 unspecified atom stereocenters. The largest absolute Gasteiger partial charge is 0.462 e. The van der Waals surface area contributed by atoms with E-state index in [1.807, 2.05) is 32.9 Å². The molecule has 1 N–H and O–H groups in total. The van der Waals surface area contributed by atoms with Crippen molar-refractivity contribution >= 4 is 34.3 Å². The molecule has 1 atom stereocenters. The maximum absolute atomic E-state index is 13.1. The summed E-state index contributed by atoms with van der Waals surface area (Å²) in [7, 11) is 0. The van der Waals surface area contributed by atoms with E-state index in [1.54, 1.807) is 24.5 Å². The predicted molar refractivity (Wildman–Crippen MR) is 141 cm³/mol. The number of carbonyl (C=O) groups excluding carboxylic acids is 2. The first-order valence-corrected chi connectivity index (χ1v) is 13.4. The number of aromatic nitrogens is 1. The molecule has 0 spiro atoms. The number of pyridine rings is 1. The normalized spacial score (nSPS) is 17.5. The van der Waals surface area contributed by atoms with Crippen molar-refractivity contribution in [3.63, 3.8) is 0 Å². The fourth-order valence-electron chi connectivity index (χ4n) is 4.80. The van der Waals surface area contributed by atoms with Crippen molar-refractivity contribution in [1.29, 1.82) is 0 Å². The third-order valence-electron chi connectivity index (χ3n) is 6.54. The average Bonchev–Trinajstić information content (AvgIpc) is 3.55. The van der Waals surface area contributed by atoms with Gasteiger partial charge in [0.25, 0.3) is 0 Å². The summed E-state index contributed by atoms with van der Waals surface area (Å²) in [5.41, 5.74) is 2.36. The summed E-state index contributed by atoms with van der Waals surface area (Å²) in [6, 6.07) is 8.25. The fourth-order valence-corrected chi connectivity index (χ4v) is 6.10. The van der Waals surface area contributed by atoms with Crippen LogP contribution < -0.4 is 10.7 Å². The summed E-state index contributed by atoms with van der Waals surface area (Å²) in [6.45, 7) is 7.54. The van der Waals surface area contributed by atoms with Crippen LogP contribution in [0.15, 0.2) is 35.3 Å². The van der Waals surface area contributed by atoms with Crippen LogP contribution >= 0.6 is 11.3 Å². The molecule has 2 aliphatic carbocycles. The monoisotopic (exact) mass is 508 g/mol. The van der Waals surface area contributed by atoms with Crippen molar-refractivity contribution in [3.8, 4) is 10.4 Å². The first-order chi connectivity index (χ1) is 17.1. The molecule has 1 saturated carbocycles. The van der Waals surface area contributed by atoms with Gasteiger partial charge in [-0.2, -0.15) is 0 Å². The van der Waals surface area contributed by atoms with Gasteiger partial charge in [0.15, 0.2) is 0 Å². The van der Waals surface area contributed by atoms with Crippen molar-refractivity contribution in [1.82, 2.24) is 9.88 Å². The smallest absolute Gasteiger partial charge is 0.408 e. The first-order valence-electron chi connectivity index (χ1n) is 12.6. The van der Waals surface area contributed by atoms with Crippen molar-refractivity contribution in [2.45, 2.75) is 77.5 Å². The number of benzene rings is 1. The number of esters is 1. The minimum Gasteiger partial charge on any atom is -0.462 e. The lowest BCUT2D eigenvalue weighted by atomic mass is 9.94. The van der Waals surface area contributed by atoms with Gasteiger partial charge >= 0.3 is 12.1 Å². The van der Waals surface area contributed by atoms with Crippen LogP contribution in [0.2, 0.25) is 0 Å². The van der Waals surface area contributed by atoms with Crippen LogP contribution in [0.25, 0.3) is 21.3 Å². The molecule has 3 aromatic rings. The molecule has 1 amide bonds. The summed E-state index contributed by atoms with van der Waals surface area (Å²) in [6.07, 6.45) is 6.17. The highest BCUT2D eigenvalue weighted by molar-refractivity contribution is 7.15. The van der Waals surface area contributed by atoms with Gasteiger partial charge < -0.3 is 19.4 Å². The number of aryl methyl sites for hydroxylation is 1. The Labute approximate surface area is 214 Å². The molecule has 0 aliphatic heterocycles. The van der Waals surface area contributed by atoms with E-state index in [0.717, 1.165) is 48.1 Å². The van der Waals surface area contributed by atoms with Crippen LogP contribution in [-0.2, 0) is 15.9 Å². The number of hydrogen-bond donors (Lipinski definition) is 1. The number of ether oxygens (including phenoxy) is 2. The second-order valence-corrected chi connectivity index (χ2v) is 11.6. The van der Waals surface area contributed by atoms with Gasteiger partial charge in [-0.3, -0.25) is 4.79 Å². The zero-order chi connectivity index (χ0) is 25.6. The van der Waals surface area contributed by atoms with Crippen LogP contribution in [0.5, 0.6) is 0 Å². The highest BCUT2D eigenvalue weighted by Crippen LogP contribution is 2.42. The maximum Gasteiger partial charge on any atom is 0.408 e. The molecule has 0 radical (unpaired) electrons. The van der Waals surface area contributed by atoms with Gasteiger partial charge in [-0.15, -0.1) is 11.3 Å². The SMILES string of the molecule is CCOC(=O)c1cn(C2CC2)c2cc(-c3cc4c(s3)C(NC(=O)OC(C)(C)C)CCC4)ccc2c1=O. The van der Waals surface area contributed by atoms with Gasteiger partial charge in [-0.1, -0.05) is 6.07 Å². The summed E-state index contributed by atoms with van der Waals surface area (Å²) in [4.78, 5) is 40.2. The highest BCUT2D eigenvalue weighted by atomic mass is 32.1. The molecule has 190 valence electrons. The lowest BCUT2D eigenvalue weighted by Gasteiger charge is -2.26. The van der Waals surface area contributed by atoms with E-state index in [2.05, 4.69) is 22.0 Å². The third kappa shape index (κ3) is 4.91. The third-order valence-corrected chi connectivity index (χ3v) is 7.88. The minimum absolute atomic E-state index is 0.0698. The molecule has 0 bridgehead atoms.